The van der Waals surface area contributed by atoms with E-state index in [0.717, 1.165) is 18.1 Å². The van der Waals surface area contributed by atoms with Crippen LogP contribution in [0.15, 0.2) is 17.1 Å². The van der Waals surface area contributed by atoms with Gasteiger partial charge in [-0.05, 0) is 13.8 Å². The summed E-state index contributed by atoms with van der Waals surface area (Å²) in [5, 5.41) is 7.78. The summed E-state index contributed by atoms with van der Waals surface area (Å²) in [5.41, 5.74) is 0.836. The van der Waals surface area contributed by atoms with Crippen molar-refractivity contribution >= 4 is 0 Å². The lowest BCUT2D eigenvalue weighted by Gasteiger charge is -1.98. The van der Waals surface area contributed by atoms with Gasteiger partial charge in [-0.25, -0.2) is 4.98 Å². The quantitative estimate of drug-likeness (QED) is 0.694. The van der Waals surface area contributed by atoms with Gasteiger partial charge in [-0.15, -0.1) is 10.2 Å². The van der Waals surface area contributed by atoms with E-state index >= 15 is 0 Å². The number of oxazole rings is 1. The Kier molecular flexibility index (Phi) is 1.84. The van der Waals surface area contributed by atoms with Crippen molar-refractivity contribution in [3.05, 3.63) is 18.4 Å². The number of nitrogens with zero attached hydrogens (tertiary/aromatic N) is 4. The summed E-state index contributed by atoms with van der Waals surface area (Å²) >= 11 is 0. The Balaban J connectivity index is 2.52. The van der Waals surface area contributed by atoms with Gasteiger partial charge in [-0.3, -0.25) is 0 Å². The molecule has 0 saturated carbocycles. The standard InChI is InChI=1S/C8H10N4O/c1-3-12-4-10-11-8(12)7-6(2)9-5-13-7/h4-5H,3H2,1-2H3. The van der Waals surface area contributed by atoms with Gasteiger partial charge >= 0.3 is 0 Å². The van der Waals surface area contributed by atoms with E-state index in [-0.39, 0.29) is 0 Å². The van der Waals surface area contributed by atoms with E-state index in [1.165, 1.54) is 6.39 Å². The topological polar surface area (TPSA) is 56.7 Å². The van der Waals surface area contributed by atoms with E-state index in [0.29, 0.717) is 5.76 Å². The molecule has 0 radical (unpaired) electrons. The van der Waals surface area contributed by atoms with E-state index in [1.54, 1.807) is 6.33 Å². The Morgan fingerprint density at radius 3 is 3.00 bits per heavy atom. The fraction of sp³-hybridized carbons (Fsp3) is 0.375. The second kappa shape index (κ2) is 3.01. The molecule has 0 unspecified atom stereocenters. The zero-order valence-electron chi connectivity index (χ0n) is 7.56. The Hall–Kier alpha value is -1.65. The van der Waals surface area contributed by atoms with Crippen molar-refractivity contribution in [3.63, 3.8) is 0 Å². The van der Waals surface area contributed by atoms with Crippen LogP contribution in [0.2, 0.25) is 0 Å². The first-order valence-electron chi connectivity index (χ1n) is 4.11. The highest BCUT2D eigenvalue weighted by Crippen LogP contribution is 2.19. The molecule has 0 aliphatic carbocycles. The minimum Gasteiger partial charge on any atom is -0.440 e. The first-order valence-corrected chi connectivity index (χ1v) is 4.11. The second-order valence-corrected chi connectivity index (χ2v) is 2.71. The summed E-state index contributed by atoms with van der Waals surface area (Å²) in [6.07, 6.45) is 3.09. The highest BCUT2D eigenvalue weighted by Gasteiger charge is 2.12. The molecule has 0 aliphatic heterocycles. The SMILES string of the molecule is CCn1cnnc1-c1ocnc1C. The number of aromatic nitrogens is 4. The van der Waals surface area contributed by atoms with Gasteiger partial charge < -0.3 is 8.98 Å². The van der Waals surface area contributed by atoms with Gasteiger partial charge in [0, 0.05) is 6.54 Å². The largest absolute Gasteiger partial charge is 0.440 e. The molecule has 13 heavy (non-hydrogen) atoms. The number of hydrogen-bond donors (Lipinski definition) is 0. The monoisotopic (exact) mass is 178 g/mol. The lowest BCUT2D eigenvalue weighted by atomic mass is 10.3. The van der Waals surface area contributed by atoms with Gasteiger partial charge in [0.05, 0.1) is 5.69 Å². The highest BCUT2D eigenvalue weighted by molar-refractivity contribution is 5.49. The van der Waals surface area contributed by atoms with Crippen LogP contribution in [0.3, 0.4) is 0 Å². The number of rotatable bonds is 2. The molecule has 2 aromatic heterocycles. The second-order valence-electron chi connectivity index (χ2n) is 2.71. The van der Waals surface area contributed by atoms with Crippen molar-refractivity contribution in [1.82, 2.24) is 19.7 Å². The molecule has 0 saturated heterocycles. The molecule has 5 nitrogen and oxygen atoms in total. The third kappa shape index (κ3) is 1.22. The predicted octanol–water partition coefficient (Wildman–Crippen LogP) is 1.26. The van der Waals surface area contributed by atoms with Crippen molar-refractivity contribution in [2.75, 3.05) is 0 Å². The first kappa shape index (κ1) is 7.97. The smallest absolute Gasteiger partial charge is 0.201 e. The molecule has 0 spiro atoms. The summed E-state index contributed by atoms with van der Waals surface area (Å²) in [5.74, 6) is 1.43. The first-order chi connectivity index (χ1) is 6.33. The molecule has 0 aromatic carbocycles. The van der Waals surface area contributed by atoms with Crippen molar-refractivity contribution in [1.29, 1.82) is 0 Å². The van der Waals surface area contributed by atoms with Crippen LogP contribution in [0.1, 0.15) is 12.6 Å². The maximum atomic E-state index is 5.22. The van der Waals surface area contributed by atoms with Gasteiger partial charge in [0.25, 0.3) is 0 Å². The maximum Gasteiger partial charge on any atom is 0.201 e. The van der Waals surface area contributed by atoms with Crippen LogP contribution in [0, 0.1) is 6.92 Å². The van der Waals surface area contributed by atoms with Crippen molar-refractivity contribution < 1.29 is 4.42 Å². The lowest BCUT2D eigenvalue weighted by molar-refractivity contribution is 0.560. The van der Waals surface area contributed by atoms with E-state index in [2.05, 4.69) is 15.2 Å². The summed E-state index contributed by atoms with van der Waals surface area (Å²) in [6, 6.07) is 0. The van der Waals surface area contributed by atoms with E-state index in [1.807, 2.05) is 18.4 Å². The molecule has 2 rings (SSSR count). The van der Waals surface area contributed by atoms with Gasteiger partial charge in [-0.2, -0.15) is 0 Å². The number of aryl methyl sites for hydroxylation is 2. The van der Waals surface area contributed by atoms with Crippen LogP contribution in [-0.4, -0.2) is 19.7 Å². The predicted molar refractivity (Wildman–Crippen MR) is 45.9 cm³/mol. The molecule has 0 bridgehead atoms. The third-order valence-electron chi connectivity index (χ3n) is 1.90. The molecule has 0 N–H and O–H groups in total. The molecule has 0 amide bonds. The Labute approximate surface area is 75.4 Å². The van der Waals surface area contributed by atoms with E-state index in [9.17, 15) is 0 Å². The molecule has 0 atom stereocenters. The fourth-order valence-electron chi connectivity index (χ4n) is 1.18. The van der Waals surface area contributed by atoms with Crippen LogP contribution in [-0.2, 0) is 6.54 Å². The van der Waals surface area contributed by atoms with Gasteiger partial charge in [0.1, 0.15) is 6.33 Å². The van der Waals surface area contributed by atoms with Crippen molar-refractivity contribution in [2.45, 2.75) is 20.4 Å². The molecular formula is C8H10N4O. The van der Waals surface area contributed by atoms with Crippen molar-refractivity contribution in [2.24, 2.45) is 0 Å². The Morgan fingerprint density at radius 2 is 2.38 bits per heavy atom. The normalized spacial score (nSPS) is 10.6. The Bertz CT molecular complexity index is 404. The van der Waals surface area contributed by atoms with Gasteiger partial charge in [-0.1, -0.05) is 0 Å². The number of hydrogen-bond acceptors (Lipinski definition) is 4. The third-order valence-corrected chi connectivity index (χ3v) is 1.90. The summed E-state index contributed by atoms with van der Waals surface area (Å²) < 4.78 is 7.13. The van der Waals surface area contributed by atoms with Gasteiger partial charge in [0.15, 0.2) is 12.2 Å². The van der Waals surface area contributed by atoms with Gasteiger partial charge in [0.2, 0.25) is 5.82 Å². The lowest BCUT2D eigenvalue weighted by Crippen LogP contribution is -1.96. The molecule has 0 fully saturated rings. The molecule has 68 valence electrons. The van der Waals surface area contributed by atoms with E-state index < -0.39 is 0 Å². The summed E-state index contributed by atoms with van der Waals surface area (Å²) in [4.78, 5) is 4.00. The molecule has 5 heteroatoms. The van der Waals surface area contributed by atoms with Crippen LogP contribution in [0.5, 0.6) is 0 Å². The highest BCUT2D eigenvalue weighted by atomic mass is 16.3. The minimum absolute atomic E-state index is 0.694. The van der Waals surface area contributed by atoms with Crippen LogP contribution < -0.4 is 0 Å². The van der Waals surface area contributed by atoms with E-state index in [4.69, 9.17) is 4.42 Å². The van der Waals surface area contributed by atoms with Crippen LogP contribution in [0.25, 0.3) is 11.6 Å². The molecule has 2 aromatic rings. The Morgan fingerprint density at radius 1 is 1.54 bits per heavy atom. The molecular weight excluding hydrogens is 168 g/mol. The zero-order chi connectivity index (χ0) is 9.26. The average Bonchev–Trinajstić information content (AvgIpc) is 2.71. The minimum atomic E-state index is 0.694. The zero-order valence-corrected chi connectivity index (χ0v) is 7.56. The van der Waals surface area contributed by atoms with Crippen LogP contribution >= 0.6 is 0 Å². The fourth-order valence-corrected chi connectivity index (χ4v) is 1.18. The molecule has 2 heterocycles. The summed E-state index contributed by atoms with van der Waals surface area (Å²) in [7, 11) is 0. The molecule has 0 aliphatic rings. The average molecular weight is 178 g/mol. The van der Waals surface area contributed by atoms with Crippen LogP contribution in [0.4, 0.5) is 0 Å². The maximum absolute atomic E-state index is 5.22. The van der Waals surface area contributed by atoms with Crippen molar-refractivity contribution in [3.8, 4) is 11.6 Å². The summed E-state index contributed by atoms with van der Waals surface area (Å²) in [6.45, 7) is 4.73.